The molecule has 0 atom stereocenters. The smallest absolute Gasteiger partial charge is 0.267 e. The van der Waals surface area contributed by atoms with Gasteiger partial charge < -0.3 is 5.11 Å². The summed E-state index contributed by atoms with van der Waals surface area (Å²) >= 11 is 0. The van der Waals surface area contributed by atoms with Crippen LogP contribution in [0.3, 0.4) is 0 Å². The van der Waals surface area contributed by atoms with Crippen molar-refractivity contribution in [2.75, 3.05) is 6.54 Å². The van der Waals surface area contributed by atoms with Crippen LogP contribution in [-0.4, -0.2) is 34.1 Å². The van der Waals surface area contributed by atoms with Crippen molar-refractivity contribution < 1.29 is 19.5 Å². The van der Waals surface area contributed by atoms with Gasteiger partial charge in [0.2, 0.25) is 0 Å². The second-order valence-corrected chi connectivity index (χ2v) is 5.58. The Kier molecular flexibility index (Phi) is 5.68. The Labute approximate surface area is 135 Å². The molecule has 5 heteroatoms. The van der Waals surface area contributed by atoms with Crippen molar-refractivity contribution >= 4 is 17.6 Å². The summed E-state index contributed by atoms with van der Waals surface area (Å²) in [4.78, 5) is 38.0. The van der Waals surface area contributed by atoms with Crippen molar-refractivity contribution in [1.29, 1.82) is 0 Å². The van der Waals surface area contributed by atoms with Crippen LogP contribution < -0.4 is 0 Å². The molecule has 0 aromatic heterocycles. The van der Waals surface area contributed by atoms with Crippen LogP contribution in [0.15, 0.2) is 41.7 Å². The number of carbonyl (C=O) groups is 3. The molecule has 1 aromatic carbocycles. The van der Waals surface area contributed by atoms with Gasteiger partial charge in [0.1, 0.15) is 11.3 Å². The fraction of sp³-hybridized carbons (Fsp3) is 0.389. The Hall–Kier alpha value is -2.43. The number of benzene rings is 1. The third-order valence-corrected chi connectivity index (χ3v) is 3.87. The number of hydrogen-bond donors (Lipinski definition) is 1. The monoisotopic (exact) mass is 315 g/mol. The van der Waals surface area contributed by atoms with E-state index in [1.807, 2.05) is 6.92 Å². The molecule has 1 heterocycles. The average Bonchev–Trinajstić information content (AvgIpc) is 2.55. The maximum absolute atomic E-state index is 12.5. The van der Waals surface area contributed by atoms with E-state index in [0.717, 1.165) is 17.7 Å². The zero-order valence-corrected chi connectivity index (χ0v) is 13.2. The van der Waals surface area contributed by atoms with Crippen LogP contribution in [0.25, 0.3) is 0 Å². The molecule has 1 aliphatic heterocycles. The number of ketones is 1. The van der Waals surface area contributed by atoms with Gasteiger partial charge in [0, 0.05) is 24.9 Å². The summed E-state index contributed by atoms with van der Waals surface area (Å²) < 4.78 is 0. The van der Waals surface area contributed by atoms with Crippen molar-refractivity contribution in [1.82, 2.24) is 4.90 Å². The van der Waals surface area contributed by atoms with E-state index in [2.05, 4.69) is 0 Å². The van der Waals surface area contributed by atoms with E-state index in [1.54, 1.807) is 30.3 Å². The van der Waals surface area contributed by atoms with E-state index in [9.17, 15) is 19.5 Å². The molecule has 0 spiro atoms. The highest BCUT2D eigenvalue weighted by atomic mass is 16.3. The number of likely N-dealkylation sites (tertiary alicyclic amines) is 1. The van der Waals surface area contributed by atoms with Crippen LogP contribution in [0.1, 0.15) is 49.4 Å². The predicted octanol–water partition coefficient (Wildman–Crippen LogP) is 3.02. The summed E-state index contributed by atoms with van der Waals surface area (Å²) in [6.45, 7) is 2.08. The summed E-state index contributed by atoms with van der Waals surface area (Å²) in [6.07, 6.45) is 2.93. The van der Waals surface area contributed by atoms with Gasteiger partial charge in [0.15, 0.2) is 5.78 Å². The zero-order valence-electron chi connectivity index (χ0n) is 13.2. The maximum Gasteiger partial charge on any atom is 0.267 e. The summed E-state index contributed by atoms with van der Waals surface area (Å²) in [5.41, 5.74) is 0.164. The summed E-state index contributed by atoms with van der Waals surface area (Å²) in [7, 11) is 0. The van der Waals surface area contributed by atoms with Gasteiger partial charge in [-0.15, -0.1) is 0 Å². The number of Topliss-reactive ketones (excluding diaryl/α,β-unsaturated/α-hetero) is 1. The normalized spacial score (nSPS) is 17.3. The van der Waals surface area contributed by atoms with Gasteiger partial charge in [0.25, 0.3) is 11.8 Å². The molecule has 0 unspecified atom stereocenters. The molecule has 0 radical (unpaired) electrons. The first-order chi connectivity index (χ1) is 11.1. The Morgan fingerprint density at radius 2 is 1.87 bits per heavy atom. The number of carbonyl (C=O) groups excluding carboxylic acids is 3. The first-order valence-electron chi connectivity index (χ1n) is 7.92. The number of piperidine rings is 1. The van der Waals surface area contributed by atoms with Crippen LogP contribution in [0.2, 0.25) is 0 Å². The van der Waals surface area contributed by atoms with E-state index in [-0.39, 0.29) is 36.5 Å². The zero-order chi connectivity index (χ0) is 16.8. The maximum atomic E-state index is 12.5. The minimum absolute atomic E-state index is 0.0527. The van der Waals surface area contributed by atoms with Crippen LogP contribution >= 0.6 is 0 Å². The van der Waals surface area contributed by atoms with Crippen molar-refractivity contribution in [2.24, 2.45) is 0 Å². The highest BCUT2D eigenvalue weighted by Gasteiger charge is 2.36. The molecule has 1 fully saturated rings. The van der Waals surface area contributed by atoms with Gasteiger partial charge in [-0.3, -0.25) is 19.3 Å². The lowest BCUT2D eigenvalue weighted by molar-refractivity contribution is -0.131. The van der Waals surface area contributed by atoms with Crippen LogP contribution in [0.4, 0.5) is 0 Å². The number of imide groups is 1. The molecule has 1 saturated heterocycles. The second-order valence-electron chi connectivity index (χ2n) is 5.58. The quantitative estimate of drug-likeness (QED) is 0.298. The van der Waals surface area contributed by atoms with Crippen LogP contribution in [0, 0.1) is 0 Å². The lowest BCUT2D eigenvalue weighted by Crippen LogP contribution is -2.45. The molecule has 0 bridgehead atoms. The van der Waals surface area contributed by atoms with Gasteiger partial charge in [-0.1, -0.05) is 38.0 Å². The Balaban J connectivity index is 2.22. The molecular formula is C18H21NO4. The minimum Gasteiger partial charge on any atom is -0.511 e. The van der Waals surface area contributed by atoms with E-state index < -0.39 is 11.8 Å². The summed E-state index contributed by atoms with van der Waals surface area (Å²) in [5.74, 6) is -1.72. The number of amides is 2. The Morgan fingerprint density at radius 3 is 2.52 bits per heavy atom. The highest BCUT2D eigenvalue weighted by molar-refractivity contribution is 6.25. The second kappa shape index (κ2) is 7.72. The Bertz CT molecular complexity index is 634. The lowest BCUT2D eigenvalue weighted by Gasteiger charge is -2.26. The SMILES string of the molecule is CCCCC/C(O)=C1\C(=O)CCN(C(=O)c2ccccc2)C1=O. The number of hydrogen-bond acceptors (Lipinski definition) is 4. The molecule has 2 rings (SSSR count). The van der Waals surface area contributed by atoms with Gasteiger partial charge >= 0.3 is 0 Å². The van der Waals surface area contributed by atoms with E-state index in [0.29, 0.717) is 12.0 Å². The number of rotatable bonds is 5. The molecule has 2 amide bonds. The number of allylic oxidation sites excluding steroid dienone is 1. The lowest BCUT2D eigenvalue weighted by atomic mass is 9.98. The third-order valence-electron chi connectivity index (χ3n) is 3.87. The minimum atomic E-state index is -0.691. The summed E-state index contributed by atoms with van der Waals surface area (Å²) in [6, 6.07) is 8.45. The molecular weight excluding hydrogens is 294 g/mol. The fourth-order valence-corrected chi connectivity index (χ4v) is 2.58. The van der Waals surface area contributed by atoms with Crippen LogP contribution in [0.5, 0.6) is 0 Å². The van der Waals surface area contributed by atoms with Gasteiger partial charge in [-0.05, 0) is 18.6 Å². The van der Waals surface area contributed by atoms with E-state index >= 15 is 0 Å². The predicted molar refractivity (Wildman–Crippen MR) is 85.9 cm³/mol. The summed E-state index contributed by atoms with van der Waals surface area (Å²) in [5, 5.41) is 10.1. The number of nitrogens with zero attached hydrogens (tertiary/aromatic N) is 1. The largest absolute Gasteiger partial charge is 0.511 e. The molecule has 0 saturated carbocycles. The van der Waals surface area contributed by atoms with Crippen molar-refractivity contribution in [3.63, 3.8) is 0 Å². The standard InChI is InChI=1S/C18H21NO4/c1-2-3-5-10-14(20)16-15(21)11-12-19(18(16)23)17(22)13-8-6-4-7-9-13/h4,6-9,20H,2-3,5,10-12H2,1H3/b16-14-. The van der Waals surface area contributed by atoms with Crippen molar-refractivity contribution in [3.05, 3.63) is 47.2 Å². The number of aliphatic hydroxyl groups is 1. The van der Waals surface area contributed by atoms with Gasteiger partial charge in [-0.25, -0.2) is 0 Å². The molecule has 1 N–H and O–H groups in total. The average molecular weight is 315 g/mol. The molecule has 1 aliphatic rings. The van der Waals surface area contributed by atoms with E-state index in [4.69, 9.17) is 0 Å². The number of aliphatic hydroxyl groups excluding tert-OH is 1. The van der Waals surface area contributed by atoms with Crippen molar-refractivity contribution in [3.8, 4) is 0 Å². The third kappa shape index (κ3) is 3.86. The van der Waals surface area contributed by atoms with Crippen molar-refractivity contribution in [2.45, 2.75) is 39.0 Å². The van der Waals surface area contributed by atoms with E-state index in [1.165, 1.54) is 0 Å². The molecule has 5 nitrogen and oxygen atoms in total. The number of unbranched alkanes of at least 4 members (excludes halogenated alkanes) is 2. The topological polar surface area (TPSA) is 74.7 Å². The first kappa shape index (κ1) is 16.9. The molecule has 0 aliphatic carbocycles. The highest BCUT2D eigenvalue weighted by Crippen LogP contribution is 2.21. The molecule has 1 aromatic rings. The Morgan fingerprint density at radius 1 is 1.17 bits per heavy atom. The van der Waals surface area contributed by atoms with Gasteiger partial charge in [0.05, 0.1) is 0 Å². The van der Waals surface area contributed by atoms with Gasteiger partial charge in [-0.2, -0.15) is 0 Å². The molecule has 23 heavy (non-hydrogen) atoms. The fourth-order valence-electron chi connectivity index (χ4n) is 2.58. The first-order valence-corrected chi connectivity index (χ1v) is 7.92. The van der Waals surface area contributed by atoms with Crippen LogP contribution in [-0.2, 0) is 9.59 Å². The molecule has 122 valence electrons.